The summed E-state index contributed by atoms with van der Waals surface area (Å²) in [5, 5.41) is 6.21. The first kappa shape index (κ1) is 15.4. The van der Waals surface area contributed by atoms with Crippen LogP contribution in [0.5, 0.6) is 11.5 Å². The van der Waals surface area contributed by atoms with Gasteiger partial charge in [0.05, 0.1) is 20.6 Å². The molecule has 0 unspecified atom stereocenters. The molecule has 1 aromatic rings. The fourth-order valence-electron chi connectivity index (χ4n) is 2.28. The van der Waals surface area contributed by atoms with E-state index < -0.39 is 0 Å². The molecule has 0 saturated heterocycles. The summed E-state index contributed by atoms with van der Waals surface area (Å²) in [7, 11) is 3.18. The van der Waals surface area contributed by atoms with Gasteiger partial charge in [0.2, 0.25) is 5.91 Å². The molecular weight excluding hydrogens is 268 g/mol. The van der Waals surface area contributed by atoms with Gasteiger partial charge in [-0.1, -0.05) is 17.7 Å². The monoisotopic (exact) mass is 290 g/mol. The van der Waals surface area contributed by atoms with Gasteiger partial charge in [-0.3, -0.25) is 4.79 Å². The maximum Gasteiger partial charge on any atom is 0.224 e. The molecule has 1 aromatic carbocycles. The van der Waals surface area contributed by atoms with Crippen LogP contribution in [0.4, 0.5) is 0 Å². The molecule has 2 rings (SSSR count). The summed E-state index contributed by atoms with van der Waals surface area (Å²) in [4.78, 5) is 12.0. The van der Waals surface area contributed by atoms with Gasteiger partial charge in [-0.25, -0.2) is 0 Å². The smallest absolute Gasteiger partial charge is 0.224 e. The summed E-state index contributed by atoms with van der Waals surface area (Å²) < 4.78 is 10.4. The second kappa shape index (κ2) is 7.69. The van der Waals surface area contributed by atoms with E-state index in [1.54, 1.807) is 14.2 Å². The first-order valence-corrected chi connectivity index (χ1v) is 7.09. The molecule has 0 radical (unpaired) electrons. The third-order valence-corrected chi connectivity index (χ3v) is 3.48. The normalized spacial score (nSPS) is 14.3. The van der Waals surface area contributed by atoms with E-state index in [4.69, 9.17) is 9.47 Å². The van der Waals surface area contributed by atoms with Crippen molar-refractivity contribution in [1.29, 1.82) is 0 Å². The van der Waals surface area contributed by atoms with Crippen molar-refractivity contribution in [2.45, 2.75) is 12.8 Å². The minimum Gasteiger partial charge on any atom is -0.493 e. The SMILES string of the molecule is COc1ccc(CC(=O)NCC2=CCNCC2)cc1OC. The van der Waals surface area contributed by atoms with Gasteiger partial charge in [-0.15, -0.1) is 0 Å². The molecule has 1 aliphatic rings. The fraction of sp³-hybridized carbons (Fsp3) is 0.438. The van der Waals surface area contributed by atoms with Crippen molar-refractivity contribution < 1.29 is 14.3 Å². The molecule has 1 heterocycles. The Morgan fingerprint density at radius 3 is 2.76 bits per heavy atom. The maximum atomic E-state index is 12.0. The number of hydrogen-bond donors (Lipinski definition) is 2. The van der Waals surface area contributed by atoms with Crippen molar-refractivity contribution >= 4 is 5.91 Å². The number of ether oxygens (including phenoxy) is 2. The zero-order valence-electron chi connectivity index (χ0n) is 12.6. The van der Waals surface area contributed by atoms with E-state index in [0.717, 1.165) is 25.1 Å². The predicted molar refractivity (Wildman–Crippen MR) is 81.8 cm³/mol. The lowest BCUT2D eigenvalue weighted by Gasteiger charge is -2.15. The van der Waals surface area contributed by atoms with Gasteiger partial charge in [0.1, 0.15) is 0 Å². The zero-order chi connectivity index (χ0) is 15.1. The summed E-state index contributed by atoms with van der Waals surface area (Å²) in [5.74, 6) is 1.33. The minimum absolute atomic E-state index is 0.0154. The van der Waals surface area contributed by atoms with E-state index in [0.29, 0.717) is 24.5 Å². The highest BCUT2D eigenvalue weighted by Gasteiger charge is 2.09. The molecule has 5 nitrogen and oxygen atoms in total. The van der Waals surface area contributed by atoms with Crippen molar-refractivity contribution in [2.75, 3.05) is 33.9 Å². The van der Waals surface area contributed by atoms with Crippen LogP contribution in [0.1, 0.15) is 12.0 Å². The molecule has 1 aliphatic heterocycles. The number of hydrogen-bond acceptors (Lipinski definition) is 4. The highest BCUT2D eigenvalue weighted by molar-refractivity contribution is 5.79. The van der Waals surface area contributed by atoms with Gasteiger partial charge in [-0.2, -0.15) is 0 Å². The van der Waals surface area contributed by atoms with Gasteiger partial charge in [0, 0.05) is 13.1 Å². The van der Waals surface area contributed by atoms with E-state index >= 15 is 0 Å². The van der Waals surface area contributed by atoms with Gasteiger partial charge in [0.15, 0.2) is 11.5 Å². The number of amides is 1. The van der Waals surface area contributed by atoms with E-state index in [-0.39, 0.29) is 5.91 Å². The number of benzene rings is 1. The quantitative estimate of drug-likeness (QED) is 0.775. The molecule has 0 spiro atoms. The third-order valence-electron chi connectivity index (χ3n) is 3.48. The van der Waals surface area contributed by atoms with Crippen molar-refractivity contribution in [3.05, 3.63) is 35.4 Å². The predicted octanol–water partition coefficient (Wildman–Crippen LogP) is 1.28. The molecule has 0 aliphatic carbocycles. The number of rotatable bonds is 6. The second-order valence-corrected chi connectivity index (χ2v) is 4.96. The standard InChI is InChI=1S/C16H22N2O3/c1-20-14-4-3-13(9-15(14)21-2)10-16(19)18-11-12-5-7-17-8-6-12/h3-5,9,17H,6-8,10-11H2,1-2H3,(H,18,19). The Balaban J connectivity index is 1.88. The van der Waals surface area contributed by atoms with Crippen LogP contribution >= 0.6 is 0 Å². The van der Waals surface area contributed by atoms with Crippen LogP contribution in [-0.2, 0) is 11.2 Å². The number of nitrogens with one attached hydrogen (secondary N) is 2. The van der Waals surface area contributed by atoms with Crippen LogP contribution in [0, 0.1) is 0 Å². The molecule has 2 N–H and O–H groups in total. The molecule has 0 aromatic heterocycles. The molecule has 21 heavy (non-hydrogen) atoms. The van der Waals surface area contributed by atoms with Crippen LogP contribution in [0.3, 0.4) is 0 Å². The average Bonchev–Trinajstić information content (AvgIpc) is 2.53. The average molecular weight is 290 g/mol. The molecule has 1 amide bonds. The molecule has 0 atom stereocenters. The zero-order valence-corrected chi connectivity index (χ0v) is 12.6. The van der Waals surface area contributed by atoms with Crippen LogP contribution < -0.4 is 20.1 Å². The Morgan fingerprint density at radius 1 is 1.29 bits per heavy atom. The molecular formula is C16H22N2O3. The molecule has 0 saturated carbocycles. The van der Waals surface area contributed by atoms with E-state index in [2.05, 4.69) is 16.7 Å². The van der Waals surface area contributed by atoms with Crippen LogP contribution in [0.25, 0.3) is 0 Å². The highest BCUT2D eigenvalue weighted by atomic mass is 16.5. The van der Waals surface area contributed by atoms with Gasteiger partial charge < -0.3 is 20.1 Å². The van der Waals surface area contributed by atoms with E-state index in [1.165, 1.54) is 5.57 Å². The van der Waals surface area contributed by atoms with Gasteiger partial charge in [0.25, 0.3) is 0 Å². The number of carbonyl (C=O) groups is 1. The first-order chi connectivity index (χ1) is 10.2. The summed E-state index contributed by atoms with van der Waals surface area (Å²) in [6, 6.07) is 5.53. The topological polar surface area (TPSA) is 59.6 Å². The molecule has 0 fully saturated rings. The van der Waals surface area contributed by atoms with Crippen LogP contribution in [0.2, 0.25) is 0 Å². The third kappa shape index (κ3) is 4.49. The summed E-state index contributed by atoms with van der Waals surface area (Å²) >= 11 is 0. The molecule has 5 heteroatoms. The summed E-state index contributed by atoms with van der Waals surface area (Å²) in [6.45, 7) is 2.51. The van der Waals surface area contributed by atoms with Crippen molar-refractivity contribution in [1.82, 2.24) is 10.6 Å². The lowest BCUT2D eigenvalue weighted by atomic mass is 10.1. The fourth-order valence-corrected chi connectivity index (χ4v) is 2.28. The second-order valence-electron chi connectivity index (χ2n) is 4.96. The number of carbonyl (C=O) groups excluding carboxylic acids is 1. The summed E-state index contributed by atoms with van der Waals surface area (Å²) in [5.41, 5.74) is 2.19. The van der Waals surface area contributed by atoms with Crippen molar-refractivity contribution in [2.24, 2.45) is 0 Å². The van der Waals surface area contributed by atoms with E-state index in [9.17, 15) is 4.79 Å². The minimum atomic E-state index is 0.0154. The lowest BCUT2D eigenvalue weighted by Crippen LogP contribution is -2.30. The van der Waals surface area contributed by atoms with Crippen molar-refractivity contribution in [3.8, 4) is 11.5 Å². The Hall–Kier alpha value is -2.01. The maximum absolute atomic E-state index is 12.0. The Labute approximate surface area is 125 Å². The van der Waals surface area contributed by atoms with Crippen LogP contribution in [0.15, 0.2) is 29.8 Å². The Morgan fingerprint density at radius 2 is 2.10 bits per heavy atom. The highest BCUT2D eigenvalue weighted by Crippen LogP contribution is 2.27. The largest absolute Gasteiger partial charge is 0.493 e. The van der Waals surface area contributed by atoms with Gasteiger partial charge in [-0.05, 0) is 30.7 Å². The number of methoxy groups -OCH3 is 2. The molecule has 0 bridgehead atoms. The summed E-state index contributed by atoms with van der Waals surface area (Å²) in [6.07, 6.45) is 3.47. The van der Waals surface area contributed by atoms with E-state index in [1.807, 2.05) is 18.2 Å². The lowest BCUT2D eigenvalue weighted by molar-refractivity contribution is -0.120. The van der Waals surface area contributed by atoms with Crippen molar-refractivity contribution in [3.63, 3.8) is 0 Å². The Kier molecular flexibility index (Phi) is 5.63. The Bertz CT molecular complexity index is 526. The van der Waals surface area contributed by atoms with Crippen LogP contribution in [-0.4, -0.2) is 39.8 Å². The first-order valence-electron chi connectivity index (χ1n) is 7.09. The molecule has 114 valence electrons. The van der Waals surface area contributed by atoms with Gasteiger partial charge >= 0.3 is 0 Å².